The fraction of sp³-hybridized carbons (Fsp3) is 0.812. The number of hydrogen-bond acceptors (Lipinski definition) is 4. The Bertz CT molecular complexity index is 431. The molecule has 0 radical (unpaired) electrons. The molecule has 1 aliphatic rings. The Hall–Kier alpha value is -1.63. The Morgan fingerprint density at radius 2 is 1.70 bits per heavy atom. The van der Waals surface area contributed by atoms with Crippen molar-refractivity contribution in [3.05, 3.63) is 0 Å². The molecule has 0 heterocycles. The molecule has 5 N–H and O–H groups in total. The molecule has 0 aromatic rings. The lowest BCUT2D eigenvalue weighted by molar-refractivity contribution is -0.414. The second kappa shape index (κ2) is 8.86. The number of hydrogen-bond donors (Lipinski definition) is 3. The minimum absolute atomic E-state index is 0.0253. The first kappa shape index (κ1) is 19.4. The lowest BCUT2D eigenvalue weighted by Gasteiger charge is -2.29. The largest absolute Gasteiger partial charge is 0.548 e. The van der Waals surface area contributed by atoms with E-state index in [9.17, 15) is 19.5 Å². The van der Waals surface area contributed by atoms with Crippen LogP contribution in [0.25, 0.3) is 0 Å². The smallest absolute Gasteiger partial charge is 0.278 e. The summed E-state index contributed by atoms with van der Waals surface area (Å²) in [5.74, 6) is -1.10. The van der Waals surface area contributed by atoms with Crippen molar-refractivity contribution in [2.75, 3.05) is 6.54 Å². The number of carbonyl (C=O) groups is 3. The zero-order valence-corrected chi connectivity index (χ0v) is 14.3. The zero-order valence-electron chi connectivity index (χ0n) is 14.3. The molecule has 1 saturated carbocycles. The van der Waals surface area contributed by atoms with Gasteiger partial charge >= 0.3 is 0 Å². The Kier molecular flexibility index (Phi) is 7.48. The highest BCUT2D eigenvalue weighted by Gasteiger charge is 2.28. The van der Waals surface area contributed by atoms with Gasteiger partial charge in [0.25, 0.3) is 5.91 Å². The minimum Gasteiger partial charge on any atom is -0.548 e. The topological polar surface area (TPSA) is 126 Å². The summed E-state index contributed by atoms with van der Waals surface area (Å²) < 4.78 is 0. The van der Waals surface area contributed by atoms with Crippen molar-refractivity contribution in [1.29, 1.82) is 0 Å². The molecule has 2 atom stereocenters. The molecule has 7 nitrogen and oxygen atoms in total. The van der Waals surface area contributed by atoms with Crippen LogP contribution in [-0.4, -0.2) is 36.4 Å². The summed E-state index contributed by atoms with van der Waals surface area (Å²) in [6, 6.07) is -1.22. The van der Waals surface area contributed by atoms with Crippen molar-refractivity contribution >= 4 is 17.8 Å². The number of carboxylic acid groups (broad SMARTS) is 1. The quantitative estimate of drug-likeness (QED) is 0.522. The molecule has 1 aliphatic carbocycles. The lowest BCUT2D eigenvalue weighted by atomic mass is 9.81. The number of carbonyl (C=O) groups excluding carboxylic acids is 3. The van der Waals surface area contributed by atoms with Gasteiger partial charge < -0.3 is 26.3 Å². The fourth-order valence-electron chi connectivity index (χ4n) is 2.70. The van der Waals surface area contributed by atoms with Crippen molar-refractivity contribution in [2.24, 2.45) is 17.8 Å². The maximum absolute atomic E-state index is 12.0. The summed E-state index contributed by atoms with van der Waals surface area (Å²) in [5.41, 5.74) is 3.86. The van der Waals surface area contributed by atoms with Crippen LogP contribution in [0, 0.1) is 17.8 Å². The number of aliphatic carboxylic acids is 1. The van der Waals surface area contributed by atoms with Crippen molar-refractivity contribution in [3.8, 4) is 0 Å². The molecule has 0 bridgehead atoms. The molecule has 7 heteroatoms. The Morgan fingerprint density at radius 3 is 2.17 bits per heavy atom. The first-order chi connectivity index (χ1) is 10.7. The molecule has 0 spiro atoms. The van der Waals surface area contributed by atoms with Gasteiger partial charge in [0.1, 0.15) is 0 Å². The van der Waals surface area contributed by atoms with E-state index in [1.54, 1.807) is 0 Å². The van der Waals surface area contributed by atoms with Crippen LogP contribution >= 0.6 is 0 Å². The monoisotopic (exact) mass is 327 g/mol. The van der Waals surface area contributed by atoms with Crippen LogP contribution < -0.4 is 21.5 Å². The molecule has 0 saturated heterocycles. The van der Waals surface area contributed by atoms with E-state index in [4.69, 9.17) is 0 Å². The highest BCUT2D eigenvalue weighted by Crippen LogP contribution is 2.28. The van der Waals surface area contributed by atoms with E-state index in [0.717, 1.165) is 12.8 Å². The van der Waals surface area contributed by atoms with Crippen molar-refractivity contribution < 1.29 is 25.2 Å². The van der Waals surface area contributed by atoms with E-state index >= 15 is 0 Å². The minimum atomic E-state index is -1.28. The molecule has 132 valence electrons. The van der Waals surface area contributed by atoms with Gasteiger partial charge in [0.15, 0.2) is 6.04 Å². The average Bonchev–Trinajstić information content (AvgIpc) is 2.51. The molecule has 23 heavy (non-hydrogen) atoms. The normalized spacial score (nSPS) is 23.9. The molecule has 2 amide bonds. The maximum Gasteiger partial charge on any atom is 0.278 e. The summed E-state index contributed by atoms with van der Waals surface area (Å²) in [5, 5.41) is 16.0. The lowest BCUT2D eigenvalue weighted by Crippen LogP contribution is -2.70. The van der Waals surface area contributed by atoms with Gasteiger partial charge in [-0.05, 0) is 38.5 Å². The third-order valence-corrected chi connectivity index (χ3v) is 4.64. The first-order valence-corrected chi connectivity index (χ1v) is 8.34. The van der Waals surface area contributed by atoms with E-state index in [0.29, 0.717) is 25.3 Å². The van der Waals surface area contributed by atoms with E-state index < -0.39 is 12.0 Å². The summed E-state index contributed by atoms with van der Waals surface area (Å²) >= 11 is 0. The van der Waals surface area contributed by atoms with E-state index in [-0.39, 0.29) is 29.7 Å². The van der Waals surface area contributed by atoms with E-state index in [1.807, 2.05) is 13.8 Å². The van der Waals surface area contributed by atoms with Crippen LogP contribution in [-0.2, 0) is 14.4 Å². The van der Waals surface area contributed by atoms with Gasteiger partial charge in [-0.3, -0.25) is 9.59 Å². The first-order valence-electron chi connectivity index (χ1n) is 8.34. The Morgan fingerprint density at radius 1 is 1.13 bits per heavy atom. The second-order valence-electron chi connectivity index (χ2n) is 6.86. The summed E-state index contributed by atoms with van der Waals surface area (Å²) in [4.78, 5) is 34.5. The number of nitrogens with one attached hydrogen (secondary N) is 2. The predicted octanol–water partition coefficient (Wildman–Crippen LogP) is -1.57. The number of rotatable bonds is 7. The van der Waals surface area contributed by atoms with Gasteiger partial charge in [0.2, 0.25) is 5.91 Å². The van der Waals surface area contributed by atoms with Crippen LogP contribution in [0.1, 0.15) is 46.5 Å². The van der Waals surface area contributed by atoms with Crippen molar-refractivity contribution in [2.45, 2.75) is 58.5 Å². The fourth-order valence-corrected chi connectivity index (χ4v) is 2.70. The molecule has 0 aromatic carbocycles. The third-order valence-electron chi connectivity index (χ3n) is 4.64. The number of carboxylic acids is 1. The molecule has 1 fully saturated rings. The SMILES string of the molecule is CC(C)[C@@H]([NH3+])C(=O)NCC1CCC(C(=O)N[C@H](C)C(=O)[O-])CC1. The Labute approximate surface area is 137 Å². The summed E-state index contributed by atoms with van der Waals surface area (Å²) in [6.07, 6.45) is 3.12. The molecular weight excluding hydrogens is 298 g/mol. The third kappa shape index (κ3) is 6.17. The number of amides is 2. The number of quaternary nitrogens is 1. The van der Waals surface area contributed by atoms with Gasteiger partial charge in [-0.2, -0.15) is 0 Å². The van der Waals surface area contributed by atoms with Gasteiger partial charge in [-0.15, -0.1) is 0 Å². The van der Waals surface area contributed by atoms with Crippen LogP contribution in [0.3, 0.4) is 0 Å². The molecule has 0 unspecified atom stereocenters. The van der Waals surface area contributed by atoms with Crippen LogP contribution in [0.5, 0.6) is 0 Å². The highest BCUT2D eigenvalue weighted by atomic mass is 16.4. The van der Waals surface area contributed by atoms with Gasteiger partial charge in [0, 0.05) is 18.4 Å². The summed E-state index contributed by atoms with van der Waals surface area (Å²) in [7, 11) is 0. The van der Waals surface area contributed by atoms with Crippen molar-refractivity contribution in [1.82, 2.24) is 10.6 Å². The van der Waals surface area contributed by atoms with Gasteiger partial charge in [-0.1, -0.05) is 13.8 Å². The second-order valence-corrected chi connectivity index (χ2v) is 6.86. The van der Waals surface area contributed by atoms with Crippen molar-refractivity contribution in [3.63, 3.8) is 0 Å². The highest BCUT2D eigenvalue weighted by molar-refractivity contribution is 5.84. The molecule has 0 aliphatic heterocycles. The van der Waals surface area contributed by atoms with E-state index in [1.165, 1.54) is 6.92 Å². The zero-order chi connectivity index (χ0) is 17.6. The standard InChI is InChI=1S/C16H29N3O4/c1-9(2)13(17)15(21)18-8-11-4-6-12(7-5-11)14(20)19-10(3)16(22)23/h9-13H,4-8,17H2,1-3H3,(H,18,21)(H,19,20)(H,22,23)/t10-,11?,12?,13-/m1/s1. The molecule has 1 rings (SSSR count). The van der Waals surface area contributed by atoms with Gasteiger partial charge in [-0.25, -0.2) is 0 Å². The Balaban J connectivity index is 2.31. The molecule has 0 aromatic heterocycles. The van der Waals surface area contributed by atoms with E-state index in [2.05, 4.69) is 16.4 Å². The van der Waals surface area contributed by atoms with Crippen LogP contribution in [0.4, 0.5) is 0 Å². The van der Waals surface area contributed by atoms with Gasteiger partial charge in [0.05, 0.1) is 12.0 Å². The van der Waals surface area contributed by atoms with Crippen LogP contribution in [0.15, 0.2) is 0 Å². The average molecular weight is 327 g/mol. The maximum atomic E-state index is 12.0. The summed E-state index contributed by atoms with van der Waals surface area (Å²) in [6.45, 7) is 5.95. The van der Waals surface area contributed by atoms with Crippen LogP contribution in [0.2, 0.25) is 0 Å². The molecular formula is C16H29N3O4. The predicted molar refractivity (Wildman–Crippen MR) is 82.6 cm³/mol.